The van der Waals surface area contributed by atoms with Gasteiger partial charge < -0.3 is 11.1 Å². The summed E-state index contributed by atoms with van der Waals surface area (Å²) in [6.45, 7) is 2.06. The Labute approximate surface area is 74.6 Å². The first kappa shape index (κ1) is 8.42. The highest BCUT2D eigenvalue weighted by Gasteiger charge is 1.98. The zero-order valence-electron chi connectivity index (χ0n) is 6.13. The Kier molecular flexibility index (Phi) is 2.78. The Hall–Kier alpha value is -0.680. The van der Waals surface area contributed by atoms with Gasteiger partial charge in [0.05, 0.1) is 5.69 Å². The maximum Gasteiger partial charge on any atom is 0.189 e. The fraction of sp³-hybridized carbons (Fsp3) is 0.333. The van der Waals surface area contributed by atoms with E-state index in [9.17, 15) is 0 Å². The average molecular weight is 187 g/mol. The molecule has 0 fully saturated rings. The molecule has 1 aromatic heterocycles. The van der Waals surface area contributed by atoms with Gasteiger partial charge in [0.2, 0.25) is 0 Å². The second-order valence-electron chi connectivity index (χ2n) is 1.99. The van der Waals surface area contributed by atoms with Crippen molar-refractivity contribution in [1.82, 2.24) is 4.98 Å². The SMILES string of the molecule is CCc1csc(NC(N)=S)n1. The van der Waals surface area contributed by atoms with Crippen LogP contribution in [0.25, 0.3) is 0 Å². The first-order valence-corrected chi connectivity index (χ1v) is 4.52. The van der Waals surface area contributed by atoms with Crippen molar-refractivity contribution < 1.29 is 0 Å². The van der Waals surface area contributed by atoms with Crippen LogP contribution < -0.4 is 11.1 Å². The number of nitrogens with two attached hydrogens (primary N) is 1. The number of nitrogens with one attached hydrogen (secondary N) is 1. The standard InChI is InChI=1S/C6H9N3S2/c1-2-4-3-11-6(8-4)9-5(7)10/h3H,2H2,1H3,(H3,7,8,9,10). The van der Waals surface area contributed by atoms with Crippen LogP contribution in [0.4, 0.5) is 5.13 Å². The van der Waals surface area contributed by atoms with E-state index in [1.165, 1.54) is 11.3 Å². The summed E-state index contributed by atoms with van der Waals surface area (Å²) < 4.78 is 0. The van der Waals surface area contributed by atoms with E-state index < -0.39 is 0 Å². The molecule has 0 spiro atoms. The molecule has 0 aliphatic heterocycles. The number of thiocarbonyl (C=S) groups is 1. The molecule has 11 heavy (non-hydrogen) atoms. The number of hydrogen-bond donors (Lipinski definition) is 2. The molecule has 0 unspecified atom stereocenters. The quantitative estimate of drug-likeness (QED) is 0.686. The monoisotopic (exact) mass is 187 g/mol. The van der Waals surface area contributed by atoms with Crippen molar-refractivity contribution in [1.29, 1.82) is 0 Å². The van der Waals surface area contributed by atoms with E-state index in [0.29, 0.717) is 0 Å². The maximum atomic E-state index is 5.26. The zero-order valence-corrected chi connectivity index (χ0v) is 7.76. The van der Waals surface area contributed by atoms with Gasteiger partial charge in [-0.15, -0.1) is 11.3 Å². The Morgan fingerprint density at radius 3 is 3.09 bits per heavy atom. The maximum absolute atomic E-state index is 5.26. The summed E-state index contributed by atoms with van der Waals surface area (Å²) in [5.74, 6) is 0. The summed E-state index contributed by atoms with van der Waals surface area (Å²) in [6.07, 6.45) is 0.940. The van der Waals surface area contributed by atoms with E-state index in [0.717, 1.165) is 17.2 Å². The molecule has 0 amide bonds. The van der Waals surface area contributed by atoms with Gasteiger partial charge in [0.15, 0.2) is 10.2 Å². The third-order valence-corrected chi connectivity index (χ3v) is 2.05. The van der Waals surface area contributed by atoms with Crippen molar-refractivity contribution in [2.45, 2.75) is 13.3 Å². The van der Waals surface area contributed by atoms with Crippen LogP contribution in [-0.2, 0) is 6.42 Å². The Morgan fingerprint density at radius 1 is 1.91 bits per heavy atom. The Balaban J connectivity index is 2.65. The number of anilines is 1. The van der Waals surface area contributed by atoms with Crippen LogP contribution in [0.5, 0.6) is 0 Å². The molecule has 0 saturated carbocycles. The minimum atomic E-state index is 0.266. The van der Waals surface area contributed by atoms with E-state index >= 15 is 0 Å². The van der Waals surface area contributed by atoms with Crippen LogP contribution >= 0.6 is 23.6 Å². The van der Waals surface area contributed by atoms with Gasteiger partial charge in [0.1, 0.15) is 0 Å². The van der Waals surface area contributed by atoms with Crippen LogP contribution in [0.15, 0.2) is 5.38 Å². The number of nitrogens with zero attached hydrogens (tertiary/aromatic N) is 1. The molecule has 3 N–H and O–H groups in total. The number of aryl methyl sites for hydroxylation is 1. The summed E-state index contributed by atoms with van der Waals surface area (Å²) in [5, 5.41) is 5.80. The normalized spacial score (nSPS) is 9.55. The lowest BCUT2D eigenvalue weighted by Gasteiger charge is -1.95. The van der Waals surface area contributed by atoms with Crippen molar-refractivity contribution in [2.75, 3.05) is 5.32 Å². The van der Waals surface area contributed by atoms with Gasteiger partial charge in [-0.2, -0.15) is 0 Å². The molecule has 0 radical (unpaired) electrons. The van der Waals surface area contributed by atoms with Crippen LogP contribution in [0.3, 0.4) is 0 Å². The van der Waals surface area contributed by atoms with E-state index in [1.54, 1.807) is 0 Å². The van der Waals surface area contributed by atoms with Gasteiger partial charge in [0, 0.05) is 5.38 Å². The van der Waals surface area contributed by atoms with Crippen molar-refractivity contribution in [3.63, 3.8) is 0 Å². The summed E-state index contributed by atoms with van der Waals surface area (Å²) in [6, 6.07) is 0. The van der Waals surface area contributed by atoms with Crippen LogP contribution in [0, 0.1) is 0 Å². The molecule has 0 atom stereocenters. The number of rotatable bonds is 2. The van der Waals surface area contributed by atoms with Crippen LogP contribution in [0.1, 0.15) is 12.6 Å². The minimum absolute atomic E-state index is 0.266. The van der Waals surface area contributed by atoms with E-state index in [-0.39, 0.29) is 5.11 Å². The topological polar surface area (TPSA) is 50.9 Å². The molecule has 3 nitrogen and oxygen atoms in total. The van der Waals surface area contributed by atoms with Gasteiger partial charge in [-0.3, -0.25) is 0 Å². The average Bonchev–Trinajstić information content (AvgIpc) is 2.34. The number of hydrogen-bond acceptors (Lipinski definition) is 3. The molecular weight excluding hydrogens is 178 g/mol. The summed E-state index contributed by atoms with van der Waals surface area (Å²) >= 11 is 6.17. The van der Waals surface area contributed by atoms with Crippen LogP contribution in [0.2, 0.25) is 0 Å². The zero-order chi connectivity index (χ0) is 8.27. The molecule has 0 aliphatic carbocycles. The van der Waals surface area contributed by atoms with Crippen molar-refractivity contribution >= 4 is 33.8 Å². The van der Waals surface area contributed by atoms with E-state index in [4.69, 9.17) is 5.73 Å². The molecule has 1 aromatic rings. The van der Waals surface area contributed by atoms with Crippen LogP contribution in [-0.4, -0.2) is 10.1 Å². The summed E-state index contributed by atoms with van der Waals surface area (Å²) in [4.78, 5) is 4.21. The highest BCUT2D eigenvalue weighted by molar-refractivity contribution is 7.80. The molecular formula is C6H9N3S2. The first-order chi connectivity index (χ1) is 5.22. The van der Waals surface area contributed by atoms with Crippen molar-refractivity contribution in [3.05, 3.63) is 11.1 Å². The molecule has 5 heteroatoms. The van der Waals surface area contributed by atoms with Crippen molar-refractivity contribution in [2.24, 2.45) is 5.73 Å². The summed E-state index contributed by atoms with van der Waals surface area (Å²) in [5.41, 5.74) is 6.33. The van der Waals surface area contributed by atoms with Gasteiger partial charge >= 0.3 is 0 Å². The third-order valence-electron chi connectivity index (χ3n) is 1.14. The Bertz CT molecular complexity index is 256. The van der Waals surface area contributed by atoms with Gasteiger partial charge in [-0.1, -0.05) is 6.92 Å². The summed E-state index contributed by atoms with van der Waals surface area (Å²) in [7, 11) is 0. The first-order valence-electron chi connectivity index (χ1n) is 3.23. The molecule has 1 heterocycles. The highest BCUT2D eigenvalue weighted by atomic mass is 32.1. The number of aromatic nitrogens is 1. The van der Waals surface area contributed by atoms with E-state index in [2.05, 4.69) is 29.4 Å². The molecule has 0 aliphatic rings. The third kappa shape index (κ3) is 2.44. The second-order valence-corrected chi connectivity index (χ2v) is 3.28. The molecule has 1 rings (SSSR count). The lowest BCUT2D eigenvalue weighted by Crippen LogP contribution is -2.18. The Morgan fingerprint density at radius 2 is 2.64 bits per heavy atom. The van der Waals surface area contributed by atoms with Gasteiger partial charge in [-0.25, -0.2) is 4.98 Å². The largest absolute Gasteiger partial charge is 0.376 e. The fourth-order valence-electron chi connectivity index (χ4n) is 0.632. The molecule has 0 saturated heterocycles. The lowest BCUT2D eigenvalue weighted by atomic mass is 10.4. The predicted octanol–water partition coefficient (Wildman–Crippen LogP) is 1.36. The smallest absolute Gasteiger partial charge is 0.189 e. The number of thiazole rings is 1. The van der Waals surface area contributed by atoms with Gasteiger partial charge in [0.25, 0.3) is 0 Å². The highest BCUT2D eigenvalue weighted by Crippen LogP contribution is 2.14. The van der Waals surface area contributed by atoms with E-state index in [1.807, 2.05) is 5.38 Å². The molecule has 0 bridgehead atoms. The predicted molar refractivity (Wildman–Crippen MR) is 51.9 cm³/mol. The molecule has 60 valence electrons. The second kappa shape index (κ2) is 3.64. The molecule has 0 aromatic carbocycles. The van der Waals surface area contributed by atoms with Crippen molar-refractivity contribution in [3.8, 4) is 0 Å². The van der Waals surface area contributed by atoms with Gasteiger partial charge in [-0.05, 0) is 18.6 Å². The lowest BCUT2D eigenvalue weighted by molar-refractivity contribution is 1.07. The minimum Gasteiger partial charge on any atom is -0.376 e. The fourth-order valence-corrected chi connectivity index (χ4v) is 1.60.